The van der Waals surface area contributed by atoms with Crippen molar-refractivity contribution < 1.29 is 14.0 Å². The molecule has 2 aromatic rings. The molecule has 1 aliphatic carbocycles. The van der Waals surface area contributed by atoms with E-state index in [0.29, 0.717) is 30.3 Å². The van der Waals surface area contributed by atoms with Crippen LogP contribution in [-0.4, -0.2) is 59.8 Å². The lowest BCUT2D eigenvalue weighted by atomic mass is 9.72. The van der Waals surface area contributed by atoms with Gasteiger partial charge in [-0.1, -0.05) is 18.2 Å². The Bertz CT molecular complexity index is 891. The number of fused-ring (bicyclic) bond motifs is 1. The average Bonchev–Trinajstić information content (AvgIpc) is 3.37. The summed E-state index contributed by atoms with van der Waals surface area (Å²) in [5.41, 5.74) is 2.61. The first-order valence-electron chi connectivity index (χ1n) is 9.71. The van der Waals surface area contributed by atoms with Gasteiger partial charge >= 0.3 is 0 Å². The molecule has 2 aliphatic heterocycles. The molecule has 1 aromatic heterocycles. The number of aryl methyl sites for hydroxylation is 1. The molecule has 0 spiro atoms. The van der Waals surface area contributed by atoms with Gasteiger partial charge in [0.1, 0.15) is 5.76 Å². The number of carbonyl (C=O) groups excluding carboxylic acids is 2. The Hall–Kier alpha value is -2.83. The number of hydrogen-bond donors (Lipinski definition) is 1. The highest BCUT2D eigenvalue weighted by Crippen LogP contribution is 2.53. The lowest BCUT2D eigenvalue weighted by Gasteiger charge is -2.35. The number of rotatable bonds is 6. The van der Waals surface area contributed by atoms with E-state index in [1.54, 1.807) is 14.1 Å². The molecular weight excluding hydrogens is 356 g/mol. The number of benzene rings is 1. The molecule has 2 saturated heterocycles. The van der Waals surface area contributed by atoms with Crippen LogP contribution in [0.5, 0.6) is 0 Å². The summed E-state index contributed by atoms with van der Waals surface area (Å²) in [6.07, 6.45) is 2.75. The molecule has 3 unspecified atom stereocenters. The van der Waals surface area contributed by atoms with Crippen LogP contribution in [0.25, 0.3) is 0 Å². The largest absolute Gasteiger partial charge is 0.447 e. The lowest BCUT2D eigenvalue weighted by Crippen LogP contribution is -2.41. The molecule has 1 N–H and O–H groups in total. The van der Waals surface area contributed by atoms with Crippen LogP contribution in [-0.2, 0) is 4.79 Å². The number of oxazole rings is 1. The number of carbonyl (C=O) groups is 2. The van der Waals surface area contributed by atoms with Gasteiger partial charge in [-0.05, 0) is 30.9 Å². The molecule has 1 saturated carbocycles. The molecule has 2 amide bonds. The highest BCUT2D eigenvalue weighted by molar-refractivity contribution is 5.93. The van der Waals surface area contributed by atoms with Gasteiger partial charge in [0.25, 0.3) is 5.91 Å². The third-order valence-electron chi connectivity index (χ3n) is 5.92. The molecule has 3 fully saturated rings. The molecule has 7 nitrogen and oxygen atoms in total. The van der Waals surface area contributed by atoms with Crippen molar-refractivity contribution in [2.75, 3.05) is 32.5 Å². The fourth-order valence-corrected chi connectivity index (χ4v) is 4.38. The summed E-state index contributed by atoms with van der Waals surface area (Å²) >= 11 is 0. The van der Waals surface area contributed by atoms with E-state index in [1.807, 2.05) is 36.1 Å². The average molecular weight is 382 g/mol. The second-order valence-electron chi connectivity index (χ2n) is 7.89. The number of aromatic nitrogens is 1. The van der Waals surface area contributed by atoms with Crippen LogP contribution >= 0.6 is 0 Å². The summed E-state index contributed by atoms with van der Waals surface area (Å²) < 4.78 is 5.59. The third kappa shape index (κ3) is 3.15. The summed E-state index contributed by atoms with van der Waals surface area (Å²) in [5.74, 6) is 1.05. The van der Waals surface area contributed by atoms with Crippen molar-refractivity contribution in [3.05, 3.63) is 47.7 Å². The van der Waals surface area contributed by atoms with Crippen molar-refractivity contribution in [2.24, 2.45) is 5.92 Å². The molecular formula is C21H26N4O3. The number of amides is 2. The Labute approximate surface area is 164 Å². The number of anilines is 1. The van der Waals surface area contributed by atoms with Gasteiger partial charge in [0.2, 0.25) is 5.91 Å². The minimum absolute atomic E-state index is 0.0784. The molecule has 3 heterocycles. The van der Waals surface area contributed by atoms with Crippen molar-refractivity contribution in [3.8, 4) is 0 Å². The fourth-order valence-electron chi connectivity index (χ4n) is 4.38. The number of nitrogens with zero attached hydrogens (tertiary/aromatic N) is 3. The van der Waals surface area contributed by atoms with Crippen molar-refractivity contribution in [1.82, 2.24) is 14.8 Å². The van der Waals surface area contributed by atoms with Gasteiger partial charge in [0, 0.05) is 51.3 Å². The van der Waals surface area contributed by atoms with E-state index in [0.717, 1.165) is 18.7 Å². The number of para-hydroxylation sites is 1. The minimum atomic E-state index is -0.157. The summed E-state index contributed by atoms with van der Waals surface area (Å²) in [4.78, 5) is 32.7. The van der Waals surface area contributed by atoms with E-state index in [1.165, 1.54) is 16.9 Å². The zero-order valence-electron chi connectivity index (χ0n) is 16.5. The van der Waals surface area contributed by atoms with Crippen LogP contribution in [0.1, 0.15) is 40.6 Å². The Morgan fingerprint density at radius 2 is 2.11 bits per heavy atom. The second kappa shape index (κ2) is 7.30. The SMILES string of the molecule is Cc1ccccc1NCCC(=O)N1CC2CC1C2c1ocnc1C(=O)N(C)C. The van der Waals surface area contributed by atoms with Crippen molar-refractivity contribution >= 4 is 17.5 Å². The normalized spacial score (nSPS) is 22.7. The molecule has 5 rings (SSSR count). The van der Waals surface area contributed by atoms with Gasteiger partial charge in [-0.2, -0.15) is 0 Å². The molecule has 7 heteroatoms. The zero-order chi connectivity index (χ0) is 19.8. The van der Waals surface area contributed by atoms with Crippen molar-refractivity contribution in [3.63, 3.8) is 0 Å². The first-order valence-corrected chi connectivity index (χ1v) is 9.71. The standard InChI is InChI=1S/C21H26N4O3/c1-13-6-4-5-7-15(13)22-9-8-17(26)25-11-14-10-16(25)18(14)20-19(23-12-28-20)21(27)24(2)3/h4-7,12,14,16,18,22H,8-11H2,1-3H3. The molecule has 3 atom stereocenters. The zero-order valence-corrected chi connectivity index (χ0v) is 16.5. The summed E-state index contributed by atoms with van der Waals surface area (Å²) in [7, 11) is 3.40. The van der Waals surface area contributed by atoms with E-state index in [9.17, 15) is 9.59 Å². The minimum Gasteiger partial charge on any atom is -0.447 e. The van der Waals surface area contributed by atoms with Gasteiger partial charge in [-0.25, -0.2) is 4.98 Å². The van der Waals surface area contributed by atoms with Gasteiger partial charge < -0.3 is 19.5 Å². The summed E-state index contributed by atoms with van der Waals surface area (Å²) in [5, 5.41) is 3.34. The first-order chi connectivity index (χ1) is 13.5. The smallest absolute Gasteiger partial charge is 0.275 e. The maximum atomic E-state index is 12.8. The molecule has 28 heavy (non-hydrogen) atoms. The number of hydrogen-bond acceptors (Lipinski definition) is 5. The van der Waals surface area contributed by atoms with Crippen molar-refractivity contribution in [2.45, 2.75) is 31.7 Å². The van der Waals surface area contributed by atoms with Gasteiger partial charge in [-0.15, -0.1) is 0 Å². The maximum absolute atomic E-state index is 12.8. The van der Waals surface area contributed by atoms with Gasteiger partial charge in [0.05, 0.1) is 0 Å². The Morgan fingerprint density at radius 3 is 2.86 bits per heavy atom. The fraction of sp³-hybridized carbons (Fsp3) is 0.476. The Morgan fingerprint density at radius 1 is 1.32 bits per heavy atom. The van der Waals surface area contributed by atoms with Crippen LogP contribution in [0, 0.1) is 12.8 Å². The van der Waals surface area contributed by atoms with E-state index in [-0.39, 0.29) is 23.8 Å². The molecule has 3 aliphatic rings. The van der Waals surface area contributed by atoms with Gasteiger partial charge in [0.15, 0.2) is 12.1 Å². The maximum Gasteiger partial charge on any atom is 0.275 e. The van der Waals surface area contributed by atoms with Gasteiger partial charge in [-0.3, -0.25) is 9.59 Å². The van der Waals surface area contributed by atoms with Crippen LogP contribution < -0.4 is 5.32 Å². The predicted octanol–water partition coefficient (Wildman–Crippen LogP) is 2.50. The van der Waals surface area contributed by atoms with E-state index in [2.05, 4.69) is 10.3 Å². The quantitative estimate of drug-likeness (QED) is 0.830. The predicted molar refractivity (Wildman–Crippen MR) is 105 cm³/mol. The highest BCUT2D eigenvalue weighted by atomic mass is 16.3. The van der Waals surface area contributed by atoms with Crippen LogP contribution in [0.2, 0.25) is 0 Å². The lowest BCUT2D eigenvalue weighted by molar-refractivity contribution is -0.131. The van der Waals surface area contributed by atoms with Crippen LogP contribution in [0.15, 0.2) is 35.1 Å². The highest BCUT2D eigenvalue weighted by Gasteiger charge is 2.56. The topological polar surface area (TPSA) is 78.7 Å². The van der Waals surface area contributed by atoms with E-state index < -0.39 is 0 Å². The van der Waals surface area contributed by atoms with Crippen molar-refractivity contribution in [1.29, 1.82) is 0 Å². The monoisotopic (exact) mass is 382 g/mol. The summed E-state index contributed by atoms with van der Waals surface area (Å²) in [6, 6.07) is 8.17. The van der Waals surface area contributed by atoms with Crippen LogP contribution in [0.3, 0.4) is 0 Å². The van der Waals surface area contributed by atoms with Crippen LogP contribution in [0.4, 0.5) is 5.69 Å². The molecule has 148 valence electrons. The molecule has 1 aromatic carbocycles. The van der Waals surface area contributed by atoms with E-state index in [4.69, 9.17) is 4.42 Å². The first kappa shape index (κ1) is 18.5. The summed E-state index contributed by atoms with van der Waals surface area (Å²) in [6.45, 7) is 3.39. The Kier molecular flexibility index (Phi) is 4.83. The Balaban J connectivity index is 1.37. The molecule has 2 bridgehead atoms. The van der Waals surface area contributed by atoms with E-state index >= 15 is 0 Å². The molecule has 0 radical (unpaired) electrons. The third-order valence-corrected chi connectivity index (χ3v) is 5.92. The number of nitrogens with one attached hydrogen (secondary N) is 1. The second-order valence-corrected chi connectivity index (χ2v) is 7.89.